The number of hydrogen-bond donors (Lipinski definition) is 0. The van der Waals surface area contributed by atoms with E-state index in [0.717, 1.165) is 36.9 Å². The van der Waals surface area contributed by atoms with E-state index >= 15 is 0 Å². The summed E-state index contributed by atoms with van der Waals surface area (Å²) in [5, 5.41) is 4.11. The first-order chi connectivity index (χ1) is 14.2. The fraction of sp³-hybridized carbons (Fsp3) is 0.571. The number of hydrogen-bond acceptors (Lipinski definition) is 6. The molecule has 8 heteroatoms. The van der Waals surface area contributed by atoms with Crippen molar-refractivity contribution in [2.45, 2.75) is 44.1 Å². The summed E-state index contributed by atoms with van der Waals surface area (Å²) in [6, 6.07) is 3.40. The molecular weight excluding hydrogens is 374 g/mol. The van der Waals surface area contributed by atoms with Crippen LogP contribution in [0, 0.1) is 0 Å². The zero-order chi connectivity index (χ0) is 19.8. The number of morpholine rings is 1. The van der Waals surface area contributed by atoms with Crippen LogP contribution in [0.5, 0.6) is 0 Å². The van der Waals surface area contributed by atoms with Crippen LogP contribution < -0.4 is 0 Å². The Kier molecular flexibility index (Phi) is 4.66. The van der Waals surface area contributed by atoms with Crippen LogP contribution in [0.1, 0.15) is 58.1 Å². The highest BCUT2D eigenvalue weighted by atomic mass is 16.5. The number of likely N-dealkylation sites (tertiary alicyclic amines) is 1. The number of carbonyl (C=O) groups excluding carboxylic acids is 2. The molecule has 2 amide bonds. The maximum absolute atomic E-state index is 13.0. The van der Waals surface area contributed by atoms with Gasteiger partial charge in [0, 0.05) is 25.2 Å². The maximum Gasteiger partial charge on any atom is 0.292 e. The van der Waals surface area contributed by atoms with E-state index in [0.29, 0.717) is 57.1 Å². The van der Waals surface area contributed by atoms with Crippen molar-refractivity contribution in [3.8, 4) is 0 Å². The second-order valence-corrected chi connectivity index (χ2v) is 8.17. The Morgan fingerprint density at radius 2 is 1.86 bits per heavy atom. The molecule has 2 aromatic rings. The minimum Gasteiger partial charge on any atom is -0.459 e. The van der Waals surface area contributed by atoms with E-state index in [1.165, 1.54) is 6.26 Å². The van der Waals surface area contributed by atoms with E-state index in [-0.39, 0.29) is 11.8 Å². The van der Waals surface area contributed by atoms with Crippen LogP contribution in [0.15, 0.2) is 27.3 Å². The van der Waals surface area contributed by atoms with Gasteiger partial charge in [-0.05, 0) is 50.7 Å². The Morgan fingerprint density at radius 1 is 1.03 bits per heavy atom. The molecule has 29 heavy (non-hydrogen) atoms. The van der Waals surface area contributed by atoms with Gasteiger partial charge in [0.25, 0.3) is 11.8 Å². The Morgan fingerprint density at radius 3 is 2.66 bits per heavy atom. The summed E-state index contributed by atoms with van der Waals surface area (Å²) < 4.78 is 16.8. The molecule has 0 aromatic carbocycles. The van der Waals surface area contributed by atoms with Crippen LogP contribution in [0.4, 0.5) is 0 Å². The van der Waals surface area contributed by atoms with Crippen molar-refractivity contribution in [3.63, 3.8) is 0 Å². The molecule has 1 spiro atoms. The van der Waals surface area contributed by atoms with Gasteiger partial charge in [-0.1, -0.05) is 5.16 Å². The molecule has 0 radical (unpaired) electrons. The maximum atomic E-state index is 13.0. The Balaban J connectivity index is 1.24. The summed E-state index contributed by atoms with van der Waals surface area (Å²) in [4.78, 5) is 29.3. The van der Waals surface area contributed by atoms with Crippen LogP contribution in [0.2, 0.25) is 0 Å². The molecule has 2 fully saturated rings. The van der Waals surface area contributed by atoms with Gasteiger partial charge in [-0.2, -0.15) is 0 Å². The predicted octanol–water partition coefficient (Wildman–Crippen LogP) is 2.29. The minimum absolute atomic E-state index is 0.0742. The van der Waals surface area contributed by atoms with Gasteiger partial charge < -0.3 is 23.5 Å². The molecule has 0 saturated carbocycles. The molecule has 4 heterocycles. The molecule has 2 aliphatic heterocycles. The van der Waals surface area contributed by atoms with E-state index in [9.17, 15) is 9.59 Å². The number of furan rings is 1. The number of rotatable bonds is 2. The Bertz CT molecular complexity index is 896. The molecule has 0 atom stereocenters. The molecule has 1 aliphatic carbocycles. The molecule has 0 unspecified atom stereocenters. The predicted molar refractivity (Wildman–Crippen MR) is 102 cm³/mol. The van der Waals surface area contributed by atoms with Crippen LogP contribution in [-0.2, 0) is 17.6 Å². The second-order valence-electron chi connectivity index (χ2n) is 8.17. The van der Waals surface area contributed by atoms with Gasteiger partial charge in [-0.3, -0.25) is 9.59 Å². The molecule has 3 aliphatic rings. The van der Waals surface area contributed by atoms with E-state index < -0.39 is 5.60 Å². The van der Waals surface area contributed by atoms with Crippen LogP contribution >= 0.6 is 0 Å². The van der Waals surface area contributed by atoms with Crippen molar-refractivity contribution in [2.75, 3.05) is 32.8 Å². The number of piperidine rings is 1. The summed E-state index contributed by atoms with van der Waals surface area (Å²) in [7, 11) is 0. The average Bonchev–Trinajstić information content (AvgIpc) is 3.44. The summed E-state index contributed by atoms with van der Waals surface area (Å²) in [6.07, 6.45) is 6.83. The molecule has 5 rings (SSSR count). The minimum atomic E-state index is -0.405. The quantitative estimate of drug-likeness (QED) is 0.770. The second kappa shape index (κ2) is 7.33. The smallest absolute Gasteiger partial charge is 0.292 e. The highest BCUT2D eigenvalue weighted by Gasteiger charge is 2.43. The molecule has 0 bridgehead atoms. The van der Waals surface area contributed by atoms with Crippen molar-refractivity contribution < 1.29 is 23.3 Å². The lowest BCUT2D eigenvalue weighted by Gasteiger charge is -2.47. The lowest BCUT2D eigenvalue weighted by atomic mass is 9.88. The highest BCUT2D eigenvalue weighted by molar-refractivity contribution is 5.93. The van der Waals surface area contributed by atoms with Crippen molar-refractivity contribution in [3.05, 3.63) is 41.2 Å². The Hall–Kier alpha value is -2.61. The lowest BCUT2D eigenvalue weighted by Crippen LogP contribution is -2.58. The van der Waals surface area contributed by atoms with Crippen molar-refractivity contribution in [1.29, 1.82) is 0 Å². The number of ether oxygens (including phenoxy) is 1. The van der Waals surface area contributed by atoms with Crippen molar-refractivity contribution in [2.24, 2.45) is 0 Å². The molecular formula is C21H25N3O5. The topological polar surface area (TPSA) is 89.0 Å². The van der Waals surface area contributed by atoms with E-state index in [1.807, 2.05) is 4.90 Å². The fourth-order valence-electron chi connectivity index (χ4n) is 4.70. The summed E-state index contributed by atoms with van der Waals surface area (Å²) in [5.74, 6) is 0.582. The standard InChI is InChI=1S/C21H25N3O5/c25-19(17-6-3-12-27-17)24-11-13-28-21(14-24)7-9-23(10-8-21)20(26)18-15-4-1-2-5-16(15)22-29-18/h3,6,12H,1-2,4-5,7-11,13-14H2. The largest absolute Gasteiger partial charge is 0.459 e. The van der Waals surface area contributed by atoms with Crippen molar-refractivity contribution >= 4 is 11.8 Å². The highest BCUT2D eigenvalue weighted by Crippen LogP contribution is 2.32. The monoisotopic (exact) mass is 399 g/mol. The van der Waals surface area contributed by atoms with Gasteiger partial charge in [0.1, 0.15) is 0 Å². The summed E-state index contributed by atoms with van der Waals surface area (Å²) >= 11 is 0. The van der Waals surface area contributed by atoms with E-state index in [4.69, 9.17) is 13.7 Å². The summed E-state index contributed by atoms with van der Waals surface area (Å²) in [6.45, 7) is 2.73. The van der Waals surface area contributed by atoms with Gasteiger partial charge in [-0.15, -0.1) is 0 Å². The van der Waals surface area contributed by atoms with Crippen LogP contribution in [0.25, 0.3) is 0 Å². The number of nitrogens with zero attached hydrogens (tertiary/aromatic N) is 3. The number of amides is 2. The Labute approximate surface area is 168 Å². The number of fused-ring (bicyclic) bond motifs is 1. The third kappa shape index (κ3) is 3.35. The first-order valence-electron chi connectivity index (χ1n) is 10.4. The fourth-order valence-corrected chi connectivity index (χ4v) is 4.70. The van der Waals surface area contributed by atoms with Gasteiger partial charge in [0.05, 0.1) is 30.7 Å². The van der Waals surface area contributed by atoms with Gasteiger partial charge in [0.2, 0.25) is 5.76 Å². The van der Waals surface area contributed by atoms with Crippen molar-refractivity contribution in [1.82, 2.24) is 15.0 Å². The molecule has 8 nitrogen and oxygen atoms in total. The van der Waals surface area contributed by atoms with E-state index in [1.54, 1.807) is 17.0 Å². The third-order valence-electron chi connectivity index (χ3n) is 6.38. The third-order valence-corrected chi connectivity index (χ3v) is 6.38. The normalized spacial score (nSPS) is 21.2. The SMILES string of the molecule is O=C(c1ccco1)N1CCOC2(CCN(C(=O)c3onc4c3CCCC4)CC2)C1. The first-order valence-corrected chi connectivity index (χ1v) is 10.4. The summed E-state index contributed by atoms with van der Waals surface area (Å²) in [5.41, 5.74) is 1.53. The molecule has 0 N–H and O–H groups in total. The van der Waals surface area contributed by atoms with E-state index in [2.05, 4.69) is 5.16 Å². The number of aromatic nitrogens is 1. The van der Waals surface area contributed by atoms with Gasteiger partial charge >= 0.3 is 0 Å². The molecule has 154 valence electrons. The molecule has 2 aromatic heterocycles. The average molecular weight is 399 g/mol. The molecule has 2 saturated heterocycles. The lowest BCUT2D eigenvalue weighted by molar-refractivity contribution is -0.124. The zero-order valence-electron chi connectivity index (χ0n) is 16.4. The number of carbonyl (C=O) groups is 2. The van der Waals surface area contributed by atoms with Gasteiger partial charge in [-0.25, -0.2) is 0 Å². The van der Waals surface area contributed by atoms with Crippen LogP contribution in [0.3, 0.4) is 0 Å². The number of aryl methyl sites for hydroxylation is 1. The van der Waals surface area contributed by atoms with Gasteiger partial charge in [0.15, 0.2) is 5.76 Å². The zero-order valence-corrected chi connectivity index (χ0v) is 16.4. The first kappa shape index (κ1) is 18.4. The van der Waals surface area contributed by atoms with Crippen LogP contribution in [-0.4, -0.2) is 65.2 Å².